The molecule has 0 saturated heterocycles. The average molecular weight is 256 g/mol. The second-order valence-electron chi connectivity index (χ2n) is 2.98. The smallest absolute Gasteiger partial charge is 0.160 e. The van der Waals surface area contributed by atoms with Gasteiger partial charge in [-0.2, -0.15) is 0 Å². The highest BCUT2D eigenvalue weighted by atomic mass is 32.2. The molecule has 0 fully saturated rings. The summed E-state index contributed by atoms with van der Waals surface area (Å²) in [7, 11) is 0. The van der Waals surface area contributed by atoms with E-state index in [4.69, 9.17) is 0 Å². The quantitative estimate of drug-likeness (QED) is 0.772. The van der Waals surface area contributed by atoms with Crippen LogP contribution in [0.5, 0.6) is 0 Å². The Morgan fingerprint density at radius 3 is 2.69 bits per heavy atom. The maximum Gasteiger partial charge on any atom is 0.160 e. The minimum atomic E-state index is -0.597. The highest BCUT2D eigenvalue weighted by molar-refractivity contribution is 7.99. The molecule has 1 heterocycles. The molecule has 0 atom stereocenters. The lowest BCUT2D eigenvalue weighted by molar-refractivity contribution is 0.112. The van der Waals surface area contributed by atoms with E-state index in [1.165, 1.54) is 35.2 Å². The molecule has 0 aliphatic rings. The van der Waals surface area contributed by atoms with Gasteiger partial charge in [0.05, 0.1) is 4.88 Å². The summed E-state index contributed by atoms with van der Waals surface area (Å²) in [4.78, 5) is 12.2. The van der Waals surface area contributed by atoms with E-state index >= 15 is 0 Å². The Kier molecular flexibility index (Phi) is 3.36. The number of hydrogen-bond acceptors (Lipinski definition) is 3. The third kappa shape index (κ3) is 2.48. The summed E-state index contributed by atoms with van der Waals surface area (Å²) in [5.41, 5.74) is 0. The fraction of sp³-hybridized carbons (Fsp3) is 0. The number of carbonyl (C=O) groups excluding carboxylic acids is 1. The molecule has 0 N–H and O–H groups in total. The number of benzene rings is 1. The van der Waals surface area contributed by atoms with Gasteiger partial charge in [0, 0.05) is 21.2 Å². The maximum absolute atomic E-state index is 13.3. The molecule has 0 unspecified atom stereocenters. The van der Waals surface area contributed by atoms with Crippen LogP contribution in [0.2, 0.25) is 0 Å². The first-order chi connectivity index (χ1) is 7.69. The first kappa shape index (κ1) is 11.3. The van der Waals surface area contributed by atoms with Crippen LogP contribution in [0.15, 0.2) is 39.4 Å². The molecule has 0 saturated carbocycles. The Morgan fingerprint density at radius 1 is 1.25 bits per heavy atom. The van der Waals surface area contributed by atoms with Crippen molar-refractivity contribution in [2.75, 3.05) is 0 Å². The van der Waals surface area contributed by atoms with Crippen LogP contribution < -0.4 is 0 Å². The number of aldehydes is 1. The molecule has 0 aliphatic carbocycles. The van der Waals surface area contributed by atoms with Crippen molar-refractivity contribution >= 4 is 29.4 Å². The lowest BCUT2D eigenvalue weighted by Gasteiger charge is -2.00. The second kappa shape index (κ2) is 4.76. The molecule has 0 radical (unpaired) electrons. The minimum Gasteiger partial charge on any atom is -0.297 e. The van der Waals surface area contributed by atoms with Crippen molar-refractivity contribution < 1.29 is 13.6 Å². The second-order valence-corrected chi connectivity index (χ2v) is 5.04. The zero-order chi connectivity index (χ0) is 11.5. The third-order valence-corrected chi connectivity index (χ3v) is 3.86. The fourth-order valence-corrected chi connectivity index (χ4v) is 2.85. The Labute approximate surface area is 99.1 Å². The normalized spacial score (nSPS) is 10.4. The molecule has 2 aromatic rings. The van der Waals surface area contributed by atoms with E-state index in [0.717, 1.165) is 17.2 Å². The van der Waals surface area contributed by atoms with Crippen LogP contribution in [0.1, 0.15) is 9.67 Å². The van der Waals surface area contributed by atoms with E-state index in [0.29, 0.717) is 9.77 Å². The Morgan fingerprint density at radius 2 is 2.06 bits per heavy atom. The van der Waals surface area contributed by atoms with Gasteiger partial charge >= 0.3 is 0 Å². The van der Waals surface area contributed by atoms with Crippen LogP contribution in [-0.2, 0) is 0 Å². The van der Waals surface area contributed by atoms with Crippen molar-refractivity contribution in [3.05, 3.63) is 46.2 Å². The molecule has 1 aromatic heterocycles. The summed E-state index contributed by atoms with van der Waals surface area (Å²) >= 11 is 2.46. The summed E-state index contributed by atoms with van der Waals surface area (Å²) in [6.07, 6.45) is 0.746. The van der Waals surface area contributed by atoms with E-state index in [1.807, 2.05) is 0 Å². The van der Waals surface area contributed by atoms with E-state index in [1.54, 1.807) is 11.4 Å². The van der Waals surface area contributed by atoms with Gasteiger partial charge in [-0.05, 0) is 18.2 Å². The zero-order valence-corrected chi connectivity index (χ0v) is 9.58. The Bertz CT molecular complexity index is 522. The lowest BCUT2D eigenvalue weighted by Crippen LogP contribution is -1.82. The standard InChI is InChI=1S/C11H6F2OS2/c12-7-1-2-11(10(13)3-7)16-9-4-8(5-14)15-6-9/h1-6H. The molecule has 1 aromatic carbocycles. The van der Waals surface area contributed by atoms with Gasteiger partial charge in [0.2, 0.25) is 0 Å². The molecule has 82 valence electrons. The molecular formula is C11H6F2OS2. The van der Waals surface area contributed by atoms with E-state index in [9.17, 15) is 13.6 Å². The molecule has 2 rings (SSSR count). The molecule has 16 heavy (non-hydrogen) atoms. The van der Waals surface area contributed by atoms with Crippen molar-refractivity contribution in [2.45, 2.75) is 9.79 Å². The third-order valence-electron chi connectivity index (χ3n) is 1.83. The summed E-state index contributed by atoms with van der Waals surface area (Å²) in [5.74, 6) is -1.19. The van der Waals surface area contributed by atoms with Gasteiger partial charge in [0.25, 0.3) is 0 Å². The van der Waals surface area contributed by atoms with E-state index in [-0.39, 0.29) is 0 Å². The summed E-state index contributed by atoms with van der Waals surface area (Å²) in [5, 5.41) is 1.76. The van der Waals surface area contributed by atoms with E-state index < -0.39 is 11.6 Å². The number of halogens is 2. The number of thiophene rings is 1. The predicted molar refractivity (Wildman–Crippen MR) is 60.2 cm³/mol. The Balaban J connectivity index is 2.23. The summed E-state index contributed by atoms with van der Waals surface area (Å²) in [6, 6.07) is 5.10. The van der Waals surface area contributed by atoms with Gasteiger partial charge in [0.1, 0.15) is 11.6 Å². The van der Waals surface area contributed by atoms with Crippen LogP contribution in [0, 0.1) is 11.6 Å². The monoisotopic (exact) mass is 256 g/mol. The van der Waals surface area contributed by atoms with Crippen LogP contribution in [0.4, 0.5) is 8.78 Å². The largest absolute Gasteiger partial charge is 0.297 e. The molecule has 5 heteroatoms. The predicted octanol–water partition coefficient (Wildman–Crippen LogP) is 3.99. The van der Waals surface area contributed by atoms with Crippen molar-refractivity contribution in [1.29, 1.82) is 0 Å². The van der Waals surface area contributed by atoms with E-state index in [2.05, 4.69) is 0 Å². The van der Waals surface area contributed by atoms with Gasteiger partial charge in [-0.3, -0.25) is 4.79 Å². The topological polar surface area (TPSA) is 17.1 Å². The van der Waals surface area contributed by atoms with Crippen LogP contribution in [0.25, 0.3) is 0 Å². The zero-order valence-electron chi connectivity index (χ0n) is 7.94. The van der Waals surface area contributed by atoms with Crippen molar-refractivity contribution in [1.82, 2.24) is 0 Å². The molecule has 0 aliphatic heterocycles. The number of carbonyl (C=O) groups is 1. The minimum absolute atomic E-state index is 0.344. The van der Waals surface area contributed by atoms with Gasteiger partial charge in [0.15, 0.2) is 6.29 Å². The van der Waals surface area contributed by atoms with Gasteiger partial charge in [-0.25, -0.2) is 8.78 Å². The van der Waals surface area contributed by atoms with Gasteiger partial charge in [-0.15, -0.1) is 11.3 Å². The highest BCUT2D eigenvalue weighted by Gasteiger charge is 2.07. The number of hydrogen-bond donors (Lipinski definition) is 0. The van der Waals surface area contributed by atoms with Crippen molar-refractivity contribution in [3.8, 4) is 0 Å². The molecular weight excluding hydrogens is 250 g/mol. The summed E-state index contributed by atoms with van der Waals surface area (Å²) in [6.45, 7) is 0. The first-order valence-electron chi connectivity index (χ1n) is 4.35. The first-order valence-corrected chi connectivity index (χ1v) is 6.05. The molecule has 0 amide bonds. The SMILES string of the molecule is O=Cc1cc(Sc2ccc(F)cc2F)cs1. The van der Waals surface area contributed by atoms with Gasteiger partial charge < -0.3 is 0 Å². The maximum atomic E-state index is 13.3. The van der Waals surface area contributed by atoms with Crippen molar-refractivity contribution in [2.24, 2.45) is 0 Å². The molecule has 1 nitrogen and oxygen atoms in total. The van der Waals surface area contributed by atoms with Crippen LogP contribution in [-0.4, -0.2) is 6.29 Å². The fourth-order valence-electron chi connectivity index (χ4n) is 1.13. The van der Waals surface area contributed by atoms with Gasteiger partial charge in [-0.1, -0.05) is 11.8 Å². The molecule has 0 spiro atoms. The highest BCUT2D eigenvalue weighted by Crippen LogP contribution is 2.32. The molecule has 0 bridgehead atoms. The summed E-state index contributed by atoms with van der Waals surface area (Å²) < 4.78 is 25.9. The average Bonchev–Trinajstić information content (AvgIpc) is 2.70. The van der Waals surface area contributed by atoms with Crippen LogP contribution >= 0.6 is 23.1 Å². The van der Waals surface area contributed by atoms with Crippen molar-refractivity contribution in [3.63, 3.8) is 0 Å². The lowest BCUT2D eigenvalue weighted by atomic mass is 10.3. The Hall–Kier alpha value is -1.20. The van der Waals surface area contributed by atoms with Crippen LogP contribution in [0.3, 0.4) is 0 Å². The number of rotatable bonds is 3.